The van der Waals surface area contributed by atoms with Gasteiger partial charge < -0.3 is 19.8 Å². The molecular formula is C24H27N5O3. The van der Waals surface area contributed by atoms with Gasteiger partial charge in [0, 0.05) is 42.9 Å². The Balaban J connectivity index is 1.31. The Labute approximate surface area is 186 Å². The molecule has 166 valence electrons. The van der Waals surface area contributed by atoms with Gasteiger partial charge in [0.25, 0.3) is 0 Å². The van der Waals surface area contributed by atoms with Gasteiger partial charge >= 0.3 is 0 Å². The zero-order valence-electron chi connectivity index (χ0n) is 18.1. The lowest BCUT2D eigenvalue weighted by Crippen LogP contribution is -2.39. The van der Waals surface area contributed by atoms with Gasteiger partial charge in [0.2, 0.25) is 11.9 Å². The Morgan fingerprint density at radius 3 is 2.69 bits per heavy atom. The van der Waals surface area contributed by atoms with Crippen LogP contribution in [0.2, 0.25) is 0 Å². The Morgan fingerprint density at radius 2 is 2.00 bits per heavy atom. The fourth-order valence-corrected chi connectivity index (χ4v) is 4.20. The lowest BCUT2D eigenvalue weighted by Gasteiger charge is -2.32. The molecule has 2 N–H and O–H groups in total. The van der Waals surface area contributed by atoms with E-state index in [1.54, 1.807) is 18.2 Å². The van der Waals surface area contributed by atoms with Crippen LogP contribution in [0.15, 0.2) is 41.1 Å². The van der Waals surface area contributed by atoms with Crippen molar-refractivity contribution >= 4 is 11.9 Å². The number of benzene rings is 1. The highest BCUT2D eigenvalue weighted by molar-refractivity contribution is 5.79. The van der Waals surface area contributed by atoms with Crippen molar-refractivity contribution in [1.82, 2.24) is 20.0 Å². The number of nitrogens with zero attached hydrogens (tertiary/aromatic N) is 4. The van der Waals surface area contributed by atoms with Gasteiger partial charge in [0.05, 0.1) is 23.4 Å². The maximum Gasteiger partial charge on any atom is 0.227 e. The molecule has 3 heterocycles. The molecule has 8 nitrogen and oxygen atoms in total. The van der Waals surface area contributed by atoms with Crippen LogP contribution >= 0.6 is 0 Å². The summed E-state index contributed by atoms with van der Waals surface area (Å²) >= 11 is 0. The summed E-state index contributed by atoms with van der Waals surface area (Å²) in [6, 6.07) is 9.38. The van der Waals surface area contributed by atoms with Gasteiger partial charge in [-0.15, -0.1) is 0 Å². The molecule has 3 aromatic rings. The van der Waals surface area contributed by atoms with E-state index < -0.39 is 0 Å². The number of piperidine rings is 1. The Kier molecular flexibility index (Phi) is 5.51. The number of likely N-dealkylation sites (tertiary alicyclic amines) is 1. The number of aryl methyl sites for hydroxylation is 1. The van der Waals surface area contributed by atoms with Crippen molar-refractivity contribution in [2.24, 2.45) is 0 Å². The van der Waals surface area contributed by atoms with E-state index in [0.29, 0.717) is 36.4 Å². The van der Waals surface area contributed by atoms with Crippen LogP contribution in [0, 0.1) is 6.92 Å². The Hall–Kier alpha value is -3.42. The standard InChI is InChI=1S/C24H27N5O3/c1-15-12-21(32-28-15)19-14-25-24(26-18-6-7-18)27-23(19)16-8-10-29(11-9-16)22(31)13-17-4-2-3-5-20(17)30/h2-5,12,14,16,18,30H,6-11,13H2,1H3,(H,25,26,27). The van der Waals surface area contributed by atoms with Crippen molar-refractivity contribution in [2.75, 3.05) is 18.4 Å². The summed E-state index contributed by atoms with van der Waals surface area (Å²) in [5.74, 6) is 1.73. The third-order valence-corrected chi connectivity index (χ3v) is 6.19. The topological polar surface area (TPSA) is 104 Å². The van der Waals surface area contributed by atoms with Gasteiger partial charge in [-0.1, -0.05) is 23.4 Å². The van der Waals surface area contributed by atoms with Gasteiger partial charge in [0.1, 0.15) is 5.75 Å². The first kappa shape index (κ1) is 20.5. The molecule has 5 rings (SSSR count). The van der Waals surface area contributed by atoms with Crippen LogP contribution < -0.4 is 5.32 Å². The second kappa shape index (κ2) is 8.61. The fourth-order valence-electron chi connectivity index (χ4n) is 4.20. The van der Waals surface area contributed by atoms with Crippen LogP contribution in [0.3, 0.4) is 0 Å². The molecule has 2 fully saturated rings. The number of carbonyl (C=O) groups is 1. The lowest BCUT2D eigenvalue weighted by atomic mass is 9.90. The number of aromatic hydroxyl groups is 1. The molecule has 0 bridgehead atoms. The van der Waals surface area contributed by atoms with Crippen molar-refractivity contribution < 1.29 is 14.4 Å². The van der Waals surface area contributed by atoms with E-state index in [0.717, 1.165) is 42.6 Å². The highest BCUT2D eigenvalue weighted by Gasteiger charge is 2.29. The van der Waals surface area contributed by atoms with Crippen LogP contribution in [0.5, 0.6) is 5.75 Å². The number of rotatable bonds is 6. The van der Waals surface area contributed by atoms with Crippen molar-refractivity contribution in [2.45, 2.75) is 51.0 Å². The summed E-state index contributed by atoms with van der Waals surface area (Å²) in [4.78, 5) is 24.0. The second-order valence-corrected chi connectivity index (χ2v) is 8.70. The first-order valence-corrected chi connectivity index (χ1v) is 11.2. The summed E-state index contributed by atoms with van der Waals surface area (Å²) < 4.78 is 5.51. The number of para-hydroxylation sites is 1. The van der Waals surface area contributed by atoms with Crippen LogP contribution in [-0.4, -0.2) is 50.2 Å². The predicted octanol–water partition coefficient (Wildman–Crippen LogP) is 3.67. The molecule has 2 aromatic heterocycles. The minimum Gasteiger partial charge on any atom is -0.508 e. The minimum absolute atomic E-state index is 0.0369. The number of hydrogen-bond acceptors (Lipinski definition) is 7. The molecule has 0 spiro atoms. The van der Waals surface area contributed by atoms with Crippen molar-refractivity contribution in [3.05, 3.63) is 53.5 Å². The number of carbonyl (C=O) groups excluding carboxylic acids is 1. The SMILES string of the molecule is Cc1cc(-c2cnc(NC3CC3)nc2C2CCN(C(=O)Cc3ccccc3O)CC2)on1. The van der Waals surface area contributed by atoms with E-state index in [9.17, 15) is 9.90 Å². The molecule has 1 amide bonds. The van der Waals surface area contributed by atoms with Crippen LogP contribution in [0.25, 0.3) is 11.3 Å². The van der Waals surface area contributed by atoms with E-state index in [1.165, 1.54) is 0 Å². The third-order valence-electron chi connectivity index (χ3n) is 6.19. The third kappa shape index (κ3) is 4.44. The molecule has 1 saturated carbocycles. The average molecular weight is 434 g/mol. The molecule has 32 heavy (non-hydrogen) atoms. The summed E-state index contributed by atoms with van der Waals surface area (Å²) in [7, 11) is 0. The average Bonchev–Trinajstić information content (AvgIpc) is 3.52. The van der Waals surface area contributed by atoms with Crippen molar-refractivity contribution in [3.8, 4) is 17.1 Å². The van der Waals surface area contributed by atoms with Gasteiger partial charge in [-0.2, -0.15) is 0 Å². The number of phenolic OH excluding ortho intramolecular Hbond substituents is 1. The zero-order valence-corrected chi connectivity index (χ0v) is 18.1. The Morgan fingerprint density at radius 1 is 1.22 bits per heavy atom. The predicted molar refractivity (Wildman–Crippen MR) is 119 cm³/mol. The van der Waals surface area contributed by atoms with Gasteiger partial charge in [-0.05, 0) is 38.7 Å². The molecule has 8 heteroatoms. The van der Waals surface area contributed by atoms with Crippen LogP contribution in [0.4, 0.5) is 5.95 Å². The normalized spacial score (nSPS) is 16.8. The first-order valence-electron chi connectivity index (χ1n) is 11.2. The monoisotopic (exact) mass is 433 g/mol. The highest BCUT2D eigenvalue weighted by Crippen LogP contribution is 2.35. The summed E-state index contributed by atoms with van der Waals surface area (Å²) in [5.41, 5.74) is 3.29. The number of aromatic nitrogens is 3. The van der Waals surface area contributed by atoms with Crippen molar-refractivity contribution in [3.63, 3.8) is 0 Å². The molecule has 1 aliphatic carbocycles. The Bertz CT molecular complexity index is 1120. The smallest absolute Gasteiger partial charge is 0.227 e. The molecular weight excluding hydrogens is 406 g/mol. The molecule has 0 unspecified atom stereocenters. The number of hydrogen-bond donors (Lipinski definition) is 2. The highest BCUT2D eigenvalue weighted by atomic mass is 16.5. The summed E-state index contributed by atoms with van der Waals surface area (Å²) in [5, 5.41) is 17.4. The second-order valence-electron chi connectivity index (χ2n) is 8.70. The van der Waals surface area contributed by atoms with E-state index in [4.69, 9.17) is 9.51 Å². The molecule has 1 aromatic carbocycles. The van der Waals surface area contributed by atoms with Gasteiger partial charge in [-0.3, -0.25) is 4.79 Å². The lowest BCUT2D eigenvalue weighted by molar-refractivity contribution is -0.131. The molecule has 1 aliphatic heterocycles. The summed E-state index contributed by atoms with van der Waals surface area (Å²) in [6.45, 7) is 3.20. The van der Waals surface area contributed by atoms with E-state index in [1.807, 2.05) is 30.2 Å². The number of phenols is 1. The molecule has 0 radical (unpaired) electrons. The number of nitrogens with one attached hydrogen (secondary N) is 1. The number of anilines is 1. The van der Waals surface area contributed by atoms with Crippen LogP contribution in [0.1, 0.15) is 48.6 Å². The first-order chi connectivity index (χ1) is 15.6. The molecule has 1 saturated heterocycles. The van der Waals surface area contributed by atoms with Crippen molar-refractivity contribution in [1.29, 1.82) is 0 Å². The van der Waals surface area contributed by atoms with Crippen LogP contribution in [-0.2, 0) is 11.2 Å². The summed E-state index contributed by atoms with van der Waals surface area (Å²) in [6.07, 6.45) is 5.96. The van der Waals surface area contributed by atoms with E-state index in [2.05, 4.69) is 15.5 Å². The zero-order chi connectivity index (χ0) is 22.1. The maximum absolute atomic E-state index is 12.8. The van der Waals surface area contributed by atoms with Gasteiger partial charge in [0.15, 0.2) is 5.76 Å². The molecule has 0 atom stereocenters. The maximum atomic E-state index is 12.8. The number of amides is 1. The largest absolute Gasteiger partial charge is 0.508 e. The van der Waals surface area contributed by atoms with E-state index >= 15 is 0 Å². The quantitative estimate of drug-likeness (QED) is 0.611. The fraction of sp³-hybridized carbons (Fsp3) is 0.417. The minimum atomic E-state index is 0.0369. The van der Waals surface area contributed by atoms with Gasteiger partial charge in [-0.25, -0.2) is 9.97 Å². The molecule has 2 aliphatic rings. The van der Waals surface area contributed by atoms with E-state index in [-0.39, 0.29) is 24.0 Å².